The van der Waals surface area contributed by atoms with Crippen LogP contribution in [-0.2, 0) is 21.0 Å². The molecule has 0 spiro atoms. The Morgan fingerprint density at radius 3 is 2.36 bits per heavy atom. The van der Waals surface area contributed by atoms with E-state index in [0.717, 1.165) is 5.56 Å². The smallest absolute Gasteiger partial charge is 0.236 e. The number of hydrogen-bond acceptors (Lipinski definition) is 6. The molecule has 6 nitrogen and oxygen atoms in total. The molecular weight excluding hydrogens is 400 g/mol. The summed E-state index contributed by atoms with van der Waals surface area (Å²) in [5.41, 5.74) is 0.993. The van der Waals surface area contributed by atoms with Crippen molar-refractivity contribution in [1.29, 1.82) is 0 Å². The van der Waals surface area contributed by atoms with Crippen LogP contribution in [0.3, 0.4) is 0 Å². The van der Waals surface area contributed by atoms with Crippen molar-refractivity contribution in [2.24, 2.45) is 0 Å². The number of nitrogens with zero attached hydrogens (tertiary/aromatic N) is 2. The van der Waals surface area contributed by atoms with Crippen molar-refractivity contribution in [3.8, 4) is 0 Å². The summed E-state index contributed by atoms with van der Waals surface area (Å²) < 4.78 is 37.8. The molecular formula is C20H19ClN2O4S. The van der Waals surface area contributed by atoms with E-state index in [0.29, 0.717) is 43.6 Å². The highest BCUT2D eigenvalue weighted by Crippen LogP contribution is 2.32. The van der Waals surface area contributed by atoms with E-state index in [1.165, 1.54) is 12.1 Å². The molecule has 0 atom stereocenters. The van der Waals surface area contributed by atoms with Gasteiger partial charge in [0.1, 0.15) is 0 Å². The summed E-state index contributed by atoms with van der Waals surface area (Å²) in [5, 5.41) is 0.403. The Kier molecular flexibility index (Phi) is 5.39. The van der Waals surface area contributed by atoms with E-state index in [1.807, 2.05) is 35.2 Å². The normalized spacial score (nSPS) is 15.0. The molecule has 1 aliphatic rings. The molecule has 8 heteroatoms. The maximum absolute atomic E-state index is 13.3. The van der Waals surface area contributed by atoms with Gasteiger partial charge in [-0.25, -0.2) is 8.42 Å². The Hall–Kier alpha value is -2.35. The first-order valence-electron chi connectivity index (χ1n) is 8.91. The minimum absolute atomic E-state index is 0.0670. The number of halogens is 1. The van der Waals surface area contributed by atoms with Crippen molar-refractivity contribution in [1.82, 2.24) is 4.98 Å². The van der Waals surface area contributed by atoms with E-state index < -0.39 is 9.84 Å². The zero-order valence-corrected chi connectivity index (χ0v) is 16.6. The molecule has 2 heterocycles. The second kappa shape index (κ2) is 7.95. The number of anilines is 1. The van der Waals surface area contributed by atoms with Crippen LogP contribution in [0.4, 0.5) is 5.88 Å². The number of sulfone groups is 1. The number of benzene rings is 2. The maximum Gasteiger partial charge on any atom is 0.236 e. The fourth-order valence-electron chi connectivity index (χ4n) is 3.05. The number of aromatic nitrogens is 1. The Balaban J connectivity index is 1.76. The lowest BCUT2D eigenvalue weighted by atomic mass is 10.2. The summed E-state index contributed by atoms with van der Waals surface area (Å²) in [4.78, 5) is 6.38. The highest BCUT2D eigenvalue weighted by molar-refractivity contribution is 7.91. The van der Waals surface area contributed by atoms with E-state index in [1.54, 1.807) is 12.1 Å². The van der Waals surface area contributed by atoms with Gasteiger partial charge in [0, 0.05) is 24.5 Å². The van der Waals surface area contributed by atoms with Crippen LogP contribution in [-0.4, -0.2) is 39.7 Å². The topological polar surface area (TPSA) is 72.6 Å². The zero-order chi connectivity index (χ0) is 19.6. The molecule has 0 aliphatic carbocycles. The molecule has 1 aliphatic heterocycles. The quantitative estimate of drug-likeness (QED) is 0.630. The predicted octanol–water partition coefficient (Wildman–Crippen LogP) is 3.59. The summed E-state index contributed by atoms with van der Waals surface area (Å²) in [6, 6.07) is 15.7. The first-order valence-corrected chi connectivity index (χ1v) is 10.8. The van der Waals surface area contributed by atoms with Gasteiger partial charge in [-0.3, -0.25) is 0 Å². The summed E-state index contributed by atoms with van der Waals surface area (Å²) in [5.74, 6) is 0.629. The molecule has 0 bridgehead atoms. The molecule has 3 aromatic rings. The van der Waals surface area contributed by atoms with Crippen molar-refractivity contribution in [2.45, 2.75) is 16.3 Å². The molecule has 0 radical (unpaired) electrons. The van der Waals surface area contributed by atoms with Crippen LogP contribution in [0.15, 0.2) is 68.9 Å². The molecule has 1 aromatic heterocycles. The summed E-state index contributed by atoms with van der Waals surface area (Å²) in [6.45, 7) is 2.11. The number of rotatable bonds is 5. The lowest BCUT2D eigenvalue weighted by Crippen LogP contribution is -2.36. The third-order valence-electron chi connectivity index (χ3n) is 4.50. The third-order valence-corrected chi connectivity index (χ3v) is 6.42. The minimum atomic E-state index is -3.85. The average Bonchev–Trinajstić information content (AvgIpc) is 3.14. The van der Waals surface area contributed by atoms with Gasteiger partial charge in [0.2, 0.25) is 26.6 Å². The molecule has 1 saturated heterocycles. The number of morpholine rings is 1. The van der Waals surface area contributed by atoms with Crippen molar-refractivity contribution in [2.75, 3.05) is 31.2 Å². The average molecular weight is 419 g/mol. The largest absolute Gasteiger partial charge is 0.423 e. The van der Waals surface area contributed by atoms with Crippen LogP contribution in [0.1, 0.15) is 11.5 Å². The standard InChI is InChI=1S/C20H19ClN2O4S/c21-16-6-8-17(9-7-16)28(24,25)19-20(23-10-12-26-13-11-23)27-18(22-19)14-15-4-2-1-3-5-15/h1-9H,10-14H2. The monoisotopic (exact) mass is 418 g/mol. The summed E-state index contributed by atoms with van der Waals surface area (Å²) in [6.07, 6.45) is 0.411. The van der Waals surface area contributed by atoms with E-state index >= 15 is 0 Å². The van der Waals surface area contributed by atoms with Crippen molar-refractivity contribution in [3.63, 3.8) is 0 Å². The molecule has 0 saturated carbocycles. The Labute approximate surface area is 168 Å². The fraction of sp³-hybridized carbons (Fsp3) is 0.250. The second-order valence-corrected chi connectivity index (χ2v) is 8.74. The Bertz CT molecular complexity index is 1040. The molecule has 0 amide bonds. The number of hydrogen-bond donors (Lipinski definition) is 0. The van der Waals surface area contributed by atoms with Crippen LogP contribution in [0, 0.1) is 0 Å². The second-order valence-electron chi connectivity index (χ2n) is 6.44. The maximum atomic E-state index is 13.3. The molecule has 2 aromatic carbocycles. The lowest BCUT2D eigenvalue weighted by Gasteiger charge is -2.26. The lowest BCUT2D eigenvalue weighted by molar-refractivity contribution is 0.120. The SMILES string of the molecule is O=S(=O)(c1ccc(Cl)cc1)c1nc(Cc2ccccc2)oc1N1CCOCC1. The van der Waals surface area contributed by atoms with Crippen molar-refractivity contribution >= 4 is 27.3 Å². The van der Waals surface area contributed by atoms with Gasteiger partial charge in [-0.2, -0.15) is 4.98 Å². The summed E-state index contributed by atoms with van der Waals surface area (Å²) >= 11 is 5.90. The number of oxazole rings is 1. The first-order chi connectivity index (χ1) is 13.5. The first kappa shape index (κ1) is 19.0. The van der Waals surface area contributed by atoms with Gasteiger partial charge in [0.05, 0.1) is 18.1 Å². The third kappa shape index (κ3) is 3.92. The summed E-state index contributed by atoms with van der Waals surface area (Å²) in [7, 11) is -3.85. The van der Waals surface area contributed by atoms with Crippen LogP contribution in [0.25, 0.3) is 0 Å². The molecule has 0 unspecified atom stereocenters. The van der Waals surface area contributed by atoms with Crippen LogP contribution in [0.2, 0.25) is 5.02 Å². The Morgan fingerprint density at radius 2 is 1.68 bits per heavy atom. The van der Waals surface area contributed by atoms with Gasteiger partial charge in [0.25, 0.3) is 0 Å². The molecule has 146 valence electrons. The molecule has 28 heavy (non-hydrogen) atoms. The van der Waals surface area contributed by atoms with Gasteiger partial charge in [-0.1, -0.05) is 41.9 Å². The molecule has 0 N–H and O–H groups in total. The van der Waals surface area contributed by atoms with E-state index in [4.69, 9.17) is 20.8 Å². The highest BCUT2D eigenvalue weighted by atomic mass is 35.5. The van der Waals surface area contributed by atoms with E-state index in [9.17, 15) is 8.42 Å². The molecule has 1 fully saturated rings. The van der Waals surface area contributed by atoms with Gasteiger partial charge in [-0.15, -0.1) is 0 Å². The van der Waals surface area contributed by atoms with Crippen LogP contribution < -0.4 is 4.90 Å². The predicted molar refractivity (Wildman–Crippen MR) is 106 cm³/mol. The Morgan fingerprint density at radius 1 is 1.00 bits per heavy atom. The van der Waals surface area contributed by atoms with Gasteiger partial charge >= 0.3 is 0 Å². The van der Waals surface area contributed by atoms with Crippen LogP contribution >= 0.6 is 11.6 Å². The van der Waals surface area contributed by atoms with Gasteiger partial charge in [-0.05, 0) is 29.8 Å². The van der Waals surface area contributed by atoms with Gasteiger partial charge < -0.3 is 14.1 Å². The van der Waals surface area contributed by atoms with E-state index in [-0.39, 0.29) is 15.8 Å². The van der Waals surface area contributed by atoms with Crippen molar-refractivity contribution < 1.29 is 17.6 Å². The van der Waals surface area contributed by atoms with Gasteiger partial charge in [0.15, 0.2) is 0 Å². The number of ether oxygens (including phenoxy) is 1. The van der Waals surface area contributed by atoms with Crippen LogP contribution in [0.5, 0.6) is 0 Å². The molecule has 4 rings (SSSR count). The minimum Gasteiger partial charge on any atom is -0.423 e. The zero-order valence-electron chi connectivity index (χ0n) is 15.0. The van der Waals surface area contributed by atoms with Crippen molar-refractivity contribution in [3.05, 3.63) is 71.1 Å². The highest BCUT2D eigenvalue weighted by Gasteiger charge is 2.31. The van der Waals surface area contributed by atoms with E-state index in [2.05, 4.69) is 4.98 Å². The fourth-order valence-corrected chi connectivity index (χ4v) is 4.52.